The lowest BCUT2D eigenvalue weighted by molar-refractivity contribution is -0.384. The van der Waals surface area contributed by atoms with Crippen LogP contribution >= 0.6 is 23.2 Å². The van der Waals surface area contributed by atoms with Crippen LogP contribution in [0.5, 0.6) is 11.5 Å². The van der Waals surface area contributed by atoms with E-state index < -0.39 is 22.9 Å². The third-order valence-corrected chi connectivity index (χ3v) is 4.54. The van der Waals surface area contributed by atoms with Crippen LogP contribution in [-0.2, 0) is 14.3 Å². The molecule has 0 unspecified atom stereocenters. The number of non-ortho nitro benzene ring substituents is 1. The first-order chi connectivity index (χ1) is 14.2. The number of nitrogens with one attached hydrogen (secondary N) is 1. The highest BCUT2D eigenvalue weighted by molar-refractivity contribution is 6.34. The summed E-state index contributed by atoms with van der Waals surface area (Å²) in [6, 6.07) is 6.82. The summed E-state index contributed by atoms with van der Waals surface area (Å²) in [5.41, 5.74) is 0.517. The summed E-state index contributed by atoms with van der Waals surface area (Å²) < 4.78 is 15.5. The van der Waals surface area contributed by atoms with Crippen molar-refractivity contribution in [3.8, 4) is 11.5 Å². The Morgan fingerprint density at radius 2 is 2.00 bits per heavy atom. The fourth-order valence-electron chi connectivity index (χ4n) is 2.47. The molecule has 3 rings (SSSR count). The molecule has 1 aliphatic rings. The molecule has 11 heteroatoms. The van der Waals surface area contributed by atoms with Gasteiger partial charge in [-0.25, -0.2) is 4.79 Å². The Labute approximate surface area is 180 Å². The topological polar surface area (TPSA) is 117 Å². The molecule has 9 nitrogen and oxygen atoms in total. The van der Waals surface area contributed by atoms with Crippen LogP contribution in [-0.4, -0.2) is 29.7 Å². The van der Waals surface area contributed by atoms with Gasteiger partial charge in [-0.3, -0.25) is 14.9 Å². The average molecular weight is 453 g/mol. The molecular formula is C19H14Cl2N2O7. The molecule has 0 aromatic heterocycles. The van der Waals surface area contributed by atoms with Crippen LogP contribution < -0.4 is 14.8 Å². The number of nitro groups is 1. The number of nitrogens with zero attached hydrogens (tertiary/aromatic N) is 1. The van der Waals surface area contributed by atoms with Gasteiger partial charge >= 0.3 is 5.97 Å². The number of esters is 1. The molecule has 156 valence electrons. The number of amides is 1. The van der Waals surface area contributed by atoms with Gasteiger partial charge in [-0.05, 0) is 36.8 Å². The normalized spacial score (nSPS) is 13.2. The first-order valence-corrected chi connectivity index (χ1v) is 9.23. The fourth-order valence-corrected chi connectivity index (χ4v) is 2.96. The number of benzene rings is 2. The van der Waals surface area contributed by atoms with Crippen molar-refractivity contribution in [1.82, 2.24) is 0 Å². The lowest BCUT2D eigenvalue weighted by atomic mass is 10.2. The van der Waals surface area contributed by atoms with E-state index in [-0.39, 0.29) is 23.2 Å². The number of nitro benzene ring substituents is 1. The van der Waals surface area contributed by atoms with Crippen LogP contribution in [0.25, 0.3) is 6.08 Å². The molecule has 1 N–H and O–H groups in total. The molecular weight excluding hydrogens is 439 g/mol. The second-order valence-electron chi connectivity index (χ2n) is 6.06. The first-order valence-electron chi connectivity index (χ1n) is 8.47. The van der Waals surface area contributed by atoms with Crippen molar-refractivity contribution in [3.63, 3.8) is 0 Å². The van der Waals surface area contributed by atoms with Crippen LogP contribution in [0.2, 0.25) is 10.0 Å². The fraction of sp³-hybridized carbons (Fsp3) is 0.158. The van der Waals surface area contributed by atoms with Crippen LogP contribution in [0.1, 0.15) is 12.5 Å². The number of fused-ring (bicyclic) bond motifs is 1. The summed E-state index contributed by atoms with van der Waals surface area (Å²) in [6.07, 6.45) is 1.44. The van der Waals surface area contributed by atoms with E-state index in [1.165, 1.54) is 25.1 Å². The Balaban J connectivity index is 1.59. The number of rotatable bonds is 6. The maximum absolute atomic E-state index is 12.2. The molecule has 2 aromatic carbocycles. The maximum Gasteiger partial charge on any atom is 0.331 e. The standard InChI is InChI=1S/C19H14Cl2N2O7/c1-10(19(25)22-15-4-3-12(23(26)27)8-13(15)20)30-17(24)5-2-11-6-14(21)18-16(7-11)28-9-29-18/h2-8,10H,9H2,1H3,(H,22,25)/b5-2+/t10-/m1/s1. The Hall–Kier alpha value is -3.30. The summed E-state index contributed by atoms with van der Waals surface area (Å²) in [5.74, 6) is -0.519. The number of carbonyl (C=O) groups excluding carboxylic acids is 2. The Morgan fingerprint density at radius 3 is 2.70 bits per heavy atom. The van der Waals surface area contributed by atoms with E-state index in [0.29, 0.717) is 22.1 Å². The van der Waals surface area contributed by atoms with Crippen molar-refractivity contribution in [2.24, 2.45) is 0 Å². The number of carbonyl (C=O) groups is 2. The average Bonchev–Trinajstić information content (AvgIpc) is 3.17. The monoisotopic (exact) mass is 452 g/mol. The van der Waals surface area contributed by atoms with Crippen molar-refractivity contribution >= 4 is 52.5 Å². The summed E-state index contributed by atoms with van der Waals surface area (Å²) in [5, 5.41) is 13.5. The van der Waals surface area contributed by atoms with Gasteiger partial charge in [-0.15, -0.1) is 0 Å². The van der Waals surface area contributed by atoms with Gasteiger partial charge in [0.05, 0.1) is 20.7 Å². The smallest absolute Gasteiger partial charge is 0.331 e. The van der Waals surface area contributed by atoms with Gasteiger partial charge in [0.2, 0.25) is 6.79 Å². The third kappa shape index (κ3) is 5.00. The van der Waals surface area contributed by atoms with Crippen LogP contribution in [0.3, 0.4) is 0 Å². The van der Waals surface area contributed by atoms with E-state index in [0.717, 1.165) is 12.1 Å². The summed E-state index contributed by atoms with van der Waals surface area (Å²) in [4.78, 5) is 34.3. The molecule has 2 aromatic rings. The van der Waals surface area contributed by atoms with Crippen molar-refractivity contribution in [2.45, 2.75) is 13.0 Å². The van der Waals surface area contributed by atoms with Crippen LogP contribution in [0.4, 0.5) is 11.4 Å². The predicted molar refractivity (Wildman–Crippen MR) is 109 cm³/mol. The molecule has 1 amide bonds. The molecule has 1 heterocycles. The van der Waals surface area contributed by atoms with Gasteiger partial charge in [-0.2, -0.15) is 0 Å². The van der Waals surface area contributed by atoms with Crippen molar-refractivity contribution < 1.29 is 28.7 Å². The second-order valence-corrected chi connectivity index (χ2v) is 6.87. The minimum absolute atomic E-state index is 0.0179. The van der Waals surface area contributed by atoms with E-state index in [9.17, 15) is 19.7 Å². The summed E-state index contributed by atoms with van der Waals surface area (Å²) >= 11 is 12.0. The lowest BCUT2D eigenvalue weighted by Crippen LogP contribution is -2.29. The molecule has 1 atom stereocenters. The highest BCUT2D eigenvalue weighted by Crippen LogP contribution is 2.40. The number of anilines is 1. The molecule has 0 fully saturated rings. The predicted octanol–water partition coefficient (Wildman–Crippen LogP) is 4.21. The quantitative estimate of drug-likeness (QED) is 0.301. The van der Waals surface area contributed by atoms with Gasteiger partial charge in [0.1, 0.15) is 0 Å². The lowest BCUT2D eigenvalue weighted by Gasteiger charge is -2.13. The number of hydrogen-bond acceptors (Lipinski definition) is 7. The first kappa shape index (κ1) is 21.4. The van der Waals surface area contributed by atoms with E-state index in [2.05, 4.69) is 5.32 Å². The highest BCUT2D eigenvalue weighted by atomic mass is 35.5. The van der Waals surface area contributed by atoms with E-state index >= 15 is 0 Å². The van der Waals surface area contributed by atoms with Gasteiger partial charge in [0.15, 0.2) is 17.6 Å². The zero-order valence-electron chi connectivity index (χ0n) is 15.4. The van der Waals surface area contributed by atoms with Crippen LogP contribution in [0, 0.1) is 10.1 Å². The molecule has 0 aliphatic carbocycles. The third-order valence-electron chi connectivity index (χ3n) is 3.94. The zero-order valence-corrected chi connectivity index (χ0v) is 16.9. The largest absolute Gasteiger partial charge is 0.454 e. The number of halogens is 2. The van der Waals surface area contributed by atoms with E-state index in [4.69, 9.17) is 37.4 Å². The number of ether oxygens (including phenoxy) is 3. The highest BCUT2D eigenvalue weighted by Gasteiger charge is 2.20. The Bertz CT molecular complexity index is 1060. The van der Waals surface area contributed by atoms with Gasteiger partial charge in [-0.1, -0.05) is 23.2 Å². The molecule has 1 aliphatic heterocycles. The molecule has 0 saturated heterocycles. The molecule has 0 saturated carbocycles. The van der Waals surface area contributed by atoms with Gasteiger partial charge < -0.3 is 19.5 Å². The molecule has 0 bridgehead atoms. The van der Waals surface area contributed by atoms with Gasteiger partial charge in [0.25, 0.3) is 11.6 Å². The van der Waals surface area contributed by atoms with Gasteiger partial charge in [0, 0.05) is 18.2 Å². The maximum atomic E-state index is 12.2. The Morgan fingerprint density at radius 1 is 1.23 bits per heavy atom. The second kappa shape index (κ2) is 9.02. The van der Waals surface area contributed by atoms with E-state index in [1.807, 2.05) is 0 Å². The van der Waals surface area contributed by atoms with Crippen molar-refractivity contribution in [1.29, 1.82) is 0 Å². The van der Waals surface area contributed by atoms with Crippen molar-refractivity contribution in [3.05, 3.63) is 62.1 Å². The molecule has 0 spiro atoms. The van der Waals surface area contributed by atoms with Crippen LogP contribution in [0.15, 0.2) is 36.4 Å². The minimum atomic E-state index is -1.14. The summed E-state index contributed by atoms with van der Waals surface area (Å²) in [7, 11) is 0. The number of hydrogen-bond donors (Lipinski definition) is 1. The van der Waals surface area contributed by atoms with E-state index in [1.54, 1.807) is 12.1 Å². The van der Waals surface area contributed by atoms with Crippen molar-refractivity contribution in [2.75, 3.05) is 12.1 Å². The molecule has 0 radical (unpaired) electrons. The summed E-state index contributed by atoms with van der Waals surface area (Å²) in [6.45, 7) is 1.44. The Kier molecular flexibility index (Phi) is 6.43. The molecule has 30 heavy (non-hydrogen) atoms. The SMILES string of the molecule is C[C@@H](OC(=O)/C=C/c1cc(Cl)c2c(c1)OCO2)C(=O)Nc1ccc([N+](=O)[O-])cc1Cl. The zero-order chi connectivity index (χ0) is 21.8. The minimum Gasteiger partial charge on any atom is -0.454 e.